The van der Waals surface area contributed by atoms with Gasteiger partial charge in [-0.1, -0.05) is 127 Å². The van der Waals surface area contributed by atoms with Crippen LogP contribution in [0.15, 0.2) is 140 Å². The number of para-hydroxylation sites is 2. The summed E-state index contributed by atoms with van der Waals surface area (Å²) < 4.78 is 2.30. The highest BCUT2D eigenvalue weighted by molar-refractivity contribution is 6.13. The third kappa shape index (κ3) is 4.75. The third-order valence-corrected chi connectivity index (χ3v) is 8.23. The molecule has 3 heterocycles. The van der Waals surface area contributed by atoms with Gasteiger partial charge in [0.15, 0.2) is 11.6 Å². The summed E-state index contributed by atoms with van der Waals surface area (Å²) in [4.78, 5) is 19.8. The van der Waals surface area contributed by atoms with Gasteiger partial charge in [0.1, 0.15) is 11.6 Å². The molecule has 0 saturated heterocycles. The molecule has 0 atom stereocenters. The van der Waals surface area contributed by atoms with Crippen LogP contribution in [0.1, 0.15) is 11.4 Å². The number of rotatable bonds is 5. The largest absolute Gasteiger partial charge is 0.293 e. The van der Waals surface area contributed by atoms with E-state index in [-0.39, 0.29) is 0 Å². The van der Waals surface area contributed by atoms with Crippen molar-refractivity contribution in [1.29, 1.82) is 0 Å². The van der Waals surface area contributed by atoms with Crippen molar-refractivity contribution in [3.63, 3.8) is 0 Å². The zero-order valence-corrected chi connectivity index (χ0v) is 25.0. The van der Waals surface area contributed by atoms with E-state index in [1.165, 1.54) is 21.9 Å². The summed E-state index contributed by atoms with van der Waals surface area (Å²) in [5, 5.41) is 2.38. The molecule has 0 bridgehead atoms. The predicted molar refractivity (Wildman–Crippen MR) is 183 cm³/mol. The van der Waals surface area contributed by atoms with E-state index < -0.39 is 0 Å². The summed E-state index contributed by atoms with van der Waals surface area (Å²) in [6.07, 6.45) is 0. The first-order valence-electron chi connectivity index (χ1n) is 15.1. The predicted octanol–water partition coefficient (Wildman–Crippen LogP) is 9.65. The average molecular weight is 580 g/mol. The number of aromatic nitrogens is 5. The standard InChI is InChI=1S/C40H29N5/c1-26-20-22-28(23-21-26)31-17-11-18-33-32-16-9-10-19-35(32)45(38(31)33)36-25-24-34(37(43-36)29-12-5-3-6-13-29)40-42-27(2)41-39(44-40)30-14-7-4-8-15-30/h3-25H,1-2H3. The zero-order chi connectivity index (χ0) is 30.3. The van der Waals surface area contributed by atoms with Crippen molar-refractivity contribution in [1.82, 2.24) is 24.5 Å². The maximum atomic E-state index is 5.41. The van der Waals surface area contributed by atoms with E-state index in [9.17, 15) is 0 Å². The lowest BCUT2D eigenvalue weighted by Gasteiger charge is -2.15. The summed E-state index contributed by atoms with van der Waals surface area (Å²) in [7, 11) is 0. The molecule has 214 valence electrons. The SMILES string of the molecule is Cc1ccc(-c2cccc3c4ccccc4n(-c4ccc(-c5nc(C)nc(-c6ccccc6)n5)c(-c5ccccc5)n4)c23)cc1. The molecule has 3 aromatic heterocycles. The summed E-state index contributed by atoms with van der Waals surface area (Å²) >= 11 is 0. The van der Waals surface area contributed by atoms with E-state index >= 15 is 0 Å². The van der Waals surface area contributed by atoms with Crippen LogP contribution in [0.25, 0.3) is 72.8 Å². The Hall–Kier alpha value is -5.94. The van der Waals surface area contributed by atoms with Crippen LogP contribution in [-0.2, 0) is 0 Å². The molecule has 0 unspecified atom stereocenters. The molecule has 0 aliphatic heterocycles. The highest BCUT2D eigenvalue weighted by Crippen LogP contribution is 2.39. The number of hydrogen-bond donors (Lipinski definition) is 0. The Balaban J connectivity index is 1.40. The molecule has 5 heteroatoms. The van der Waals surface area contributed by atoms with Crippen LogP contribution in [0.2, 0.25) is 0 Å². The quantitative estimate of drug-likeness (QED) is 0.204. The topological polar surface area (TPSA) is 56.5 Å². The first-order chi connectivity index (χ1) is 22.1. The summed E-state index contributed by atoms with van der Waals surface area (Å²) in [6, 6.07) is 48.3. The summed E-state index contributed by atoms with van der Waals surface area (Å²) in [5.74, 6) is 2.73. The smallest absolute Gasteiger partial charge is 0.165 e. The van der Waals surface area contributed by atoms with Crippen molar-refractivity contribution in [2.24, 2.45) is 0 Å². The van der Waals surface area contributed by atoms with E-state index in [2.05, 4.69) is 107 Å². The van der Waals surface area contributed by atoms with Crippen LogP contribution in [0.3, 0.4) is 0 Å². The van der Waals surface area contributed by atoms with Crippen molar-refractivity contribution in [3.8, 4) is 51.0 Å². The second-order valence-corrected chi connectivity index (χ2v) is 11.2. The van der Waals surface area contributed by atoms with Crippen LogP contribution in [0, 0.1) is 13.8 Å². The first-order valence-corrected chi connectivity index (χ1v) is 15.1. The van der Waals surface area contributed by atoms with Crippen molar-refractivity contribution >= 4 is 21.8 Å². The Kier molecular flexibility index (Phi) is 6.50. The normalized spacial score (nSPS) is 11.3. The molecule has 0 radical (unpaired) electrons. The van der Waals surface area contributed by atoms with Crippen LogP contribution < -0.4 is 0 Å². The fraction of sp³-hybridized carbons (Fsp3) is 0.0500. The number of pyridine rings is 1. The van der Waals surface area contributed by atoms with Gasteiger partial charge in [-0.25, -0.2) is 19.9 Å². The van der Waals surface area contributed by atoms with E-state index in [1.807, 2.05) is 55.5 Å². The molecule has 0 aliphatic rings. The van der Waals surface area contributed by atoms with Crippen LogP contribution in [0.4, 0.5) is 0 Å². The Bertz CT molecular complexity index is 2320. The monoisotopic (exact) mass is 579 g/mol. The van der Waals surface area contributed by atoms with Gasteiger partial charge in [0.25, 0.3) is 0 Å². The van der Waals surface area contributed by atoms with Gasteiger partial charge in [-0.3, -0.25) is 4.57 Å². The third-order valence-electron chi connectivity index (χ3n) is 8.23. The van der Waals surface area contributed by atoms with E-state index in [0.717, 1.165) is 44.8 Å². The van der Waals surface area contributed by atoms with Gasteiger partial charge in [-0.05, 0) is 37.6 Å². The first kappa shape index (κ1) is 26.7. The number of aryl methyl sites for hydroxylation is 2. The van der Waals surface area contributed by atoms with Crippen LogP contribution in [0.5, 0.6) is 0 Å². The molecular weight excluding hydrogens is 550 g/mol. The minimum Gasteiger partial charge on any atom is -0.293 e. The second kappa shape index (κ2) is 11.0. The maximum absolute atomic E-state index is 5.41. The van der Waals surface area contributed by atoms with Gasteiger partial charge >= 0.3 is 0 Å². The van der Waals surface area contributed by atoms with Gasteiger partial charge in [0.2, 0.25) is 0 Å². The lowest BCUT2D eigenvalue weighted by Crippen LogP contribution is -2.04. The van der Waals surface area contributed by atoms with Crippen molar-refractivity contribution in [2.75, 3.05) is 0 Å². The molecule has 5 nitrogen and oxygen atoms in total. The Labute approximate surface area is 261 Å². The molecule has 5 aromatic carbocycles. The summed E-state index contributed by atoms with van der Waals surface area (Å²) in [6.45, 7) is 4.03. The fourth-order valence-electron chi connectivity index (χ4n) is 6.11. The molecule has 0 amide bonds. The van der Waals surface area contributed by atoms with Crippen molar-refractivity contribution < 1.29 is 0 Å². The molecule has 0 aliphatic carbocycles. The molecule has 8 rings (SSSR count). The molecule has 45 heavy (non-hydrogen) atoms. The summed E-state index contributed by atoms with van der Waals surface area (Å²) in [5.41, 5.74) is 9.42. The van der Waals surface area contributed by atoms with Crippen LogP contribution >= 0.6 is 0 Å². The molecule has 0 spiro atoms. The van der Waals surface area contributed by atoms with E-state index in [1.54, 1.807) is 0 Å². The average Bonchev–Trinajstić information content (AvgIpc) is 3.44. The van der Waals surface area contributed by atoms with E-state index in [0.29, 0.717) is 17.5 Å². The minimum absolute atomic E-state index is 0.599. The van der Waals surface area contributed by atoms with Crippen molar-refractivity contribution in [3.05, 3.63) is 151 Å². The van der Waals surface area contributed by atoms with Gasteiger partial charge < -0.3 is 0 Å². The van der Waals surface area contributed by atoms with Gasteiger partial charge in [-0.2, -0.15) is 0 Å². The lowest BCUT2D eigenvalue weighted by atomic mass is 10.0. The Morgan fingerprint density at radius 3 is 1.89 bits per heavy atom. The highest BCUT2D eigenvalue weighted by Gasteiger charge is 2.20. The molecule has 0 fully saturated rings. The number of benzene rings is 5. The maximum Gasteiger partial charge on any atom is 0.165 e. The number of nitrogens with zero attached hydrogens (tertiary/aromatic N) is 5. The van der Waals surface area contributed by atoms with E-state index in [4.69, 9.17) is 15.0 Å². The Morgan fingerprint density at radius 1 is 0.444 bits per heavy atom. The fourth-order valence-corrected chi connectivity index (χ4v) is 6.11. The second-order valence-electron chi connectivity index (χ2n) is 11.2. The number of hydrogen-bond acceptors (Lipinski definition) is 4. The molecule has 8 aromatic rings. The minimum atomic E-state index is 0.599. The molecule has 0 saturated carbocycles. The number of fused-ring (bicyclic) bond motifs is 3. The van der Waals surface area contributed by atoms with Gasteiger partial charge in [-0.15, -0.1) is 0 Å². The molecular formula is C40H29N5. The van der Waals surface area contributed by atoms with Gasteiger partial charge in [0.05, 0.1) is 16.7 Å². The van der Waals surface area contributed by atoms with Crippen molar-refractivity contribution in [2.45, 2.75) is 13.8 Å². The lowest BCUT2D eigenvalue weighted by molar-refractivity contribution is 0.988. The van der Waals surface area contributed by atoms with Gasteiger partial charge in [0, 0.05) is 33.0 Å². The molecule has 0 N–H and O–H groups in total. The zero-order valence-electron chi connectivity index (χ0n) is 25.0. The van der Waals surface area contributed by atoms with Crippen LogP contribution in [-0.4, -0.2) is 24.5 Å². The Morgan fingerprint density at radius 2 is 1.11 bits per heavy atom. The highest BCUT2D eigenvalue weighted by atomic mass is 15.1.